The third-order valence-electron chi connectivity index (χ3n) is 4.03. The SMILES string of the molecule is C[C@H](NC(=O)[C@H]1[C@@H](C(=O)O)C1(C)C)c1ccccc1. The quantitative estimate of drug-likeness (QED) is 0.873. The number of amides is 1. The van der Waals surface area contributed by atoms with Gasteiger partial charge in [0, 0.05) is 0 Å². The number of benzene rings is 1. The average molecular weight is 261 g/mol. The van der Waals surface area contributed by atoms with E-state index in [-0.39, 0.29) is 11.9 Å². The highest BCUT2D eigenvalue weighted by atomic mass is 16.4. The predicted molar refractivity (Wildman–Crippen MR) is 71.4 cm³/mol. The first kappa shape index (κ1) is 13.6. The second-order valence-corrected chi connectivity index (χ2v) is 5.76. The predicted octanol–water partition coefficient (Wildman–Crippen LogP) is 2.22. The van der Waals surface area contributed by atoms with Crippen LogP contribution in [0.25, 0.3) is 0 Å². The summed E-state index contributed by atoms with van der Waals surface area (Å²) >= 11 is 0. The lowest BCUT2D eigenvalue weighted by Gasteiger charge is -2.14. The maximum absolute atomic E-state index is 12.1. The summed E-state index contributed by atoms with van der Waals surface area (Å²) in [4.78, 5) is 23.2. The van der Waals surface area contributed by atoms with Gasteiger partial charge in [-0.05, 0) is 17.9 Å². The van der Waals surface area contributed by atoms with Gasteiger partial charge in [0.25, 0.3) is 0 Å². The van der Waals surface area contributed by atoms with Crippen molar-refractivity contribution in [2.24, 2.45) is 17.3 Å². The molecule has 102 valence electrons. The molecule has 1 aliphatic carbocycles. The van der Waals surface area contributed by atoms with Crippen LogP contribution in [0, 0.1) is 17.3 Å². The molecule has 1 aliphatic rings. The number of aliphatic carboxylic acids is 1. The fourth-order valence-corrected chi connectivity index (χ4v) is 2.72. The van der Waals surface area contributed by atoms with Crippen LogP contribution in [0.4, 0.5) is 0 Å². The van der Waals surface area contributed by atoms with Crippen molar-refractivity contribution >= 4 is 11.9 Å². The number of carbonyl (C=O) groups is 2. The van der Waals surface area contributed by atoms with Crippen LogP contribution in [0.15, 0.2) is 30.3 Å². The minimum Gasteiger partial charge on any atom is -0.481 e. The van der Waals surface area contributed by atoms with Crippen molar-refractivity contribution < 1.29 is 14.7 Å². The lowest BCUT2D eigenvalue weighted by Crippen LogP contribution is -2.29. The smallest absolute Gasteiger partial charge is 0.307 e. The molecule has 2 rings (SSSR count). The Hall–Kier alpha value is -1.84. The molecule has 4 nitrogen and oxygen atoms in total. The third kappa shape index (κ3) is 2.48. The van der Waals surface area contributed by atoms with Gasteiger partial charge in [-0.15, -0.1) is 0 Å². The highest BCUT2D eigenvalue weighted by Crippen LogP contribution is 2.58. The standard InChI is InChI=1S/C15H19NO3/c1-9(10-7-5-4-6-8-10)16-13(17)11-12(14(18)19)15(11,2)3/h4-9,11-12H,1-3H3,(H,16,17)(H,18,19)/t9-,11+,12-/m0/s1. The summed E-state index contributed by atoms with van der Waals surface area (Å²) in [6, 6.07) is 9.52. The largest absolute Gasteiger partial charge is 0.481 e. The summed E-state index contributed by atoms with van der Waals surface area (Å²) in [6.45, 7) is 5.55. The van der Waals surface area contributed by atoms with E-state index in [0.717, 1.165) is 5.56 Å². The minimum atomic E-state index is -0.891. The fraction of sp³-hybridized carbons (Fsp3) is 0.467. The van der Waals surface area contributed by atoms with Crippen LogP contribution in [-0.4, -0.2) is 17.0 Å². The Bertz CT molecular complexity index is 495. The van der Waals surface area contributed by atoms with Crippen molar-refractivity contribution in [3.05, 3.63) is 35.9 Å². The van der Waals surface area contributed by atoms with Gasteiger partial charge in [-0.25, -0.2) is 0 Å². The zero-order valence-corrected chi connectivity index (χ0v) is 11.4. The van der Waals surface area contributed by atoms with Gasteiger partial charge >= 0.3 is 5.97 Å². The van der Waals surface area contributed by atoms with Crippen LogP contribution in [0.3, 0.4) is 0 Å². The van der Waals surface area contributed by atoms with E-state index in [0.29, 0.717) is 0 Å². The lowest BCUT2D eigenvalue weighted by molar-refractivity contribution is -0.140. The molecule has 0 unspecified atom stereocenters. The Morgan fingerprint density at radius 1 is 1.21 bits per heavy atom. The topological polar surface area (TPSA) is 66.4 Å². The Labute approximate surface area is 112 Å². The van der Waals surface area contributed by atoms with E-state index >= 15 is 0 Å². The first-order valence-electron chi connectivity index (χ1n) is 6.44. The lowest BCUT2D eigenvalue weighted by atomic mass is 10.1. The molecule has 0 aliphatic heterocycles. The van der Waals surface area contributed by atoms with E-state index in [1.54, 1.807) is 0 Å². The van der Waals surface area contributed by atoms with Crippen molar-refractivity contribution in [2.75, 3.05) is 0 Å². The molecule has 1 fully saturated rings. The van der Waals surface area contributed by atoms with Crippen LogP contribution in [0.1, 0.15) is 32.4 Å². The second-order valence-electron chi connectivity index (χ2n) is 5.76. The molecular formula is C15H19NO3. The number of hydrogen-bond acceptors (Lipinski definition) is 2. The zero-order chi connectivity index (χ0) is 14.2. The van der Waals surface area contributed by atoms with Crippen LogP contribution in [0.2, 0.25) is 0 Å². The highest BCUT2D eigenvalue weighted by molar-refractivity contribution is 5.91. The maximum atomic E-state index is 12.1. The van der Waals surface area contributed by atoms with Crippen LogP contribution < -0.4 is 5.32 Å². The van der Waals surface area contributed by atoms with Gasteiger partial charge in [0.15, 0.2) is 0 Å². The van der Waals surface area contributed by atoms with Gasteiger partial charge in [0.05, 0.1) is 17.9 Å². The molecule has 0 saturated heterocycles. The molecule has 1 aromatic carbocycles. The van der Waals surface area contributed by atoms with Gasteiger partial charge in [-0.3, -0.25) is 9.59 Å². The molecule has 2 N–H and O–H groups in total. The summed E-state index contributed by atoms with van der Waals surface area (Å²) < 4.78 is 0. The molecule has 3 atom stereocenters. The number of nitrogens with one attached hydrogen (secondary N) is 1. The molecule has 0 heterocycles. The Kier molecular flexibility index (Phi) is 3.35. The molecule has 1 amide bonds. The summed E-state index contributed by atoms with van der Waals surface area (Å²) in [5.41, 5.74) is 0.563. The highest BCUT2D eigenvalue weighted by Gasteiger charge is 2.65. The Morgan fingerprint density at radius 3 is 2.26 bits per heavy atom. The number of rotatable bonds is 4. The maximum Gasteiger partial charge on any atom is 0.307 e. The van der Waals surface area contributed by atoms with Gasteiger partial charge in [-0.2, -0.15) is 0 Å². The number of carboxylic acids is 1. The zero-order valence-electron chi connectivity index (χ0n) is 11.4. The molecule has 0 aromatic heterocycles. The molecular weight excluding hydrogens is 242 g/mol. The molecule has 0 spiro atoms. The first-order valence-corrected chi connectivity index (χ1v) is 6.44. The van der Waals surface area contributed by atoms with Crippen LogP contribution in [0.5, 0.6) is 0 Å². The van der Waals surface area contributed by atoms with Gasteiger partial charge in [0.1, 0.15) is 0 Å². The summed E-state index contributed by atoms with van der Waals surface area (Å²) in [7, 11) is 0. The van der Waals surface area contributed by atoms with Gasteiger partial charge in [-0.1, -0.05) is 44.2 Å². The Morgan fingerprint density at radius 2 is 1.79 bits per heavy atom. The number of carbonyl (C=O) groups excluding carboxylic acids is 1. The number of carboxylic acid groups (broad SMARTS) is 1. The van der Waals surface area contributed by atoms with Crippen molar-refractivity contribution in [2.45, 2.75) is 26.8 Å². The molecule has 1 aromatic rings. The van der Waals surface area contributed by atoms with E-state index in [2.05, 4.69) is 5.32 Å². The first-order chi connectivity index (χ1) is 8.85. The normalized spacial score (nSPS) is 25.4. The summed E-state index contributed by atoms with van der Waals surface area (Å²) in [5, 5.41) is 12.0. The molecule has 0 radical (unpaired) electrons. The summed E-state index contributed by atoms with van der Waals surface area (Å²) in [6.07, 6.45) is 0. The van der Waals surface area contributed by atoms with Crippen molar-refractivity contribution in [1.82, 2.24) is 5.32 Å². The van der Waals surface area contributed by atoms with E-state index in [9.17, 15) is 9.59 Å². The second kappa shape index (κ2) is 4.68. The van der Waals surface area contributed by atoms with E-state index in [1.807, 2.05) is 51.1 Å². The van der Waals surface area contributed by atoms with Crippen molar-refractivity contribution in [1.29, 1.82) is 0 Å². The number of hydrogen-bond donors (Lipinski definition) is 2. The Balaban J connectivity index is 2.02. The van der Waals surface area contributed by atoms with E-state index in [4.69, 9.17) is 5.11 Å². The van der Waals surface area contributed by atoms with E-state index in [1.165, 1.54) is 0 Å². The van der Waals surface area contributed by atoms with Crippen molar-refractivity contribution in [3.8, 4) is 0 Å². The molecule has 1 saturated carbocycles. The third-order valence-corrected chi connectivity index (χ3v) is 4.03. The fourth-order valence-electron chi connectivity index (χ4n) is 2.72. The van der Waals surface area contributed by atoms with E-state index < -0.39 is 23.2 Å². The van der Waals surface area contributed by atoms with Crippen molar-refractivity contribution in [3.63, 3.8) is 0 Å². The molecule has 0 bridgehead atoms. The average Bonchev–Trinajstić information content (AvgIpc) is 2.93. The summed E-state index contributed by atoms with van der Waals surface area (Å²) in [5.74, 6) is -2.07. The monoisotopic (exact) mass is 261 g/mol. The van der Waals surface area contributed by atoms with Crippen LogP contribution >= 0.6 is 0 Å². The minimum absolute atomic E-state index is 0.112. The van der Waals surface area contributed by atoms with Crippen LogP contribution in [-0.2, 0) is 9.59 Å². The molecule has 4 heteroatoms. The molecule has 19 heavy (non-hydrogen) atoms. The van der Waals surface area contributed by atoms with Gasteiger partial charge < -0.3 is 10.4 Å². The van der Waals surface area contributed by atoms with Gasteiger partial charge in [0.2, 0.25) is 5.91 Å².